The maximum absolute atomic E-state index is 14.4. The van der Waals surface area contributed by atoms with Crippen LogP contribution in [0.15, 0.2) is 42.7 Å². The molecule has 5 rings (SSSR count). The average Bonchev–Trinajstić information content (AvgIpc) is 3.38. The molecule has 2 heterocycles. The van der Waals surface area contributed by atoms with E-state index < -0.39 is 35.0 Å². The molecule has 0 radical (unpaired) electrons. The molecule has 15 heteroatoms. The summed E-state index contributed by atoms with van der Waals surface area (Å²) in [7, 11) is 1.36. The maximum Gasteiger partial charge on any atom is 0.416 e. The standard InChI is InChI=1S/C29H29F4N7O4/c1-44-22-12-15(2-9-21(22)38-28(43)19-8-3-16(13-20(19)30)29(31,32)33)25-24-26(34)36-14-37-27(24)40(39-25)18-6-4-17(5-7-18)35-11-10-23(41)42/h2-3,8-9,12-14,17-18,35H,4-7,10-11H2,1H3,(H,38,43)(H,41,42)(H2,34,36,37)/p-1. The monoisotopic (exact) mass is 614 g/mol. The highest BCUT2D eigenvalue weighted by atomic mass is 19.4. The summed E-state index contributed by atoms with van der Waals surface area (Å²) in [6, 6.07) is 6.58. The summed E-state index contributed by atoms with van der Waals surface area (Å²) in [5.41, 5.74) is 6.20. The number of methoxy groups -OCH3 is 1. The Morgan fingerprint density at radius 3 is 2.52 bits per heavy atom. The van der Waals surface area contributed by atoms with E-state index in [1.807, 2.05) is 4.68 Å². The summed E-state index contributed by atoms with van der Waals surface area (Å²) in [6.07, 6.45) is -0.324. The van der Waals surface area contributed by atoms with Gasteiger partial charge in [-0.1, -0.05) is 6.07 Å². The number of nitrogens with two attached hydrogens (primary N) is 1. The summed E-state index contributed by atoms with van der Waals surface area (Å²) in [4.78, 5) is 32.0. The molecular formula is C29H28F4N7O4-. The molecule has 0 unspecified atom stereocenters. The molecule has 0 bridgehead atoms. The van der Waals surface area contributed by atoms with Gasteiger partial charge < -0.3 is 31.0 Å². The molecule has 1 amide bonds. The number of benzene rings is 2. The first-order valence-corrected chi connectivity index (χ1v) is 13.7. The van der Waals surface area contributed by atoms with Gasteiger partial charge in [0, 0.05) is 24.1 Å². The second-order valence-corrected chi connectivity index (χ2v) is 10.4. The number of carbonyl (C=O) groups is 2. The number of fused-ring (bicyclic) bond motifs is 1. The number of nitrogens with zero attached hydrogens (tertiary/aromatic N) is 4. The molecule has 2 aromatic heterocycles. The maximum atomic E-state index is 14.4. The Balaban J connectivity index is 1.39. The topological polar surface area (TPSA) is 160 Å². The number of hydrogen-bond acceptors (Lipinski definition) is 9. The van der Waals surface area contributed by atoms with Gasteiger partial charge in [-0.05, 0) is 62.4 Å². The van der Waals surface area contributed by atoms with E-state index in [1.165, 1.54) is 19.5 Å². The number of anilines is 2. The number of aromatic nitrogens is 4. The molecule has 232 valence electrons. The quantitative estimate of drug-likeness (QED) is 0.239. The Morgan fingerprint density at radius 2 is 1.86 bits per heavy atom. The predicted molar refractivity (Wildman–Crippen MR) is 150 cm³/mol. The Hall–Kier alpha value is -4.79. The lowest BCUT2D eigenvalue weighted by molar-refractivity contribution is -0.305. The number of carbonyl (C=O) groups excluding carboxylic acids is 2. The number of nitrogens with one attached hydrogen (secondary N) is 2. The van der Waals surface area contributed by atoms with Crippen molar-refractivity contribution in [3.8, 4) is 17.0 Å². The Labute approximate surface area is 248 Å². The number of aliphatic carboxylic acids is 1. The van der Waals surface area contributed by atoms with Crippen LogP contribution in [-0.4, -0.2) is 51.3 Å². The average molecular weight is 615 g/mol. The number of halogens is 4. The summed E-state index contributed by atoms with van der Waals surface area (Å²) in [5.74, 6) is -2.98. The third-order valence-corrected chi connectivity index (χ3v) is 7.59. The fraction of sp³-hybridized carbons (Fsp3) is 0.345. The minimum Gasteiger partial charge on any atom is -0.550 e. The second-order valence-electron chi connectivity index (χ2n) is 10.4. The zero-order chi connectivity index (χ0) is 31.6. The molecular weight excluding hydrogens is 586 g/mol. The van der Waals surface area contributed by atoms with Crippen LogP contribution in [-0.2, 0) is 11.0 Å². The van der Waals surface area contributed by atoms with Gasteiger partial charge in [-0.2, -0.15) is 18.3 Å². The van der Waals surface area contributed by atoms with Gasteiger partial charge in [-0.25, -0.2) is 19.0 Å². The van der Waals surface area contributed by atoms with Crippen LogP contribution >= 0.6 is 0 Å². The van der Waals surface area contributed by atoms with E-state index in [0.29, 0.717) is 34.9 Å². The van der Waals surface area contributed by atoms with Gasteiger partial charge in [-0.3, -0.25) is 4.79 Å². The smallest absolute Gasteiger partial charge is 0.416 e. The fourth-order valence-corrected chi connectivity index (χ4v) is 5.36. The van der Waals surface area contributed by atoms with Crippen molar-refractivity contribution in [3.63, 3.8) is 0 Å². The zero-order valence-corrected chi connectivity index (χ0v) is 23.4. The van der Waals surface area contributed by atoms with Crippen LogP contribution in [0, 0.1) is 5.82 Å². The van der Waals surface area contributed by atoms with Crippen molar-refractivity contribution >= 4 is 34.4 Å². The Kier molecular flexibility index (Phi) is 8.67. The molecule has 0 saturated heterocycles. The van der Waals surface area contributed by atoms with Crippen molar-refractivity contribution in [1.82, 2.24) is 25.1 Å². The summed E-state index contributed by atoms with van der Waals surface area (Å²) < 4.78 is 60.4. The lowest BCUT2D eigenvalue weighted by Crippen LogP contribution is -2.36. The number of nitrogen functional groups attached to an aromatic ring is 1. The first-order valence-electron chi connectivity index (χ1n) is 13.7. The highest BCUT2D eigenvalue weighted by Gasteiger charge is 2.32. The van der Waals surface area contributed by atoms with E-state index in [-0.39, 0.29) is 41.8 Å². The molecule has 4 aromatic rings. The number of carboxylic acids is 1. The van der Waals surface area contributed by atoms with Gasteiger partial charge in [0.2, 0.25) is 0 Å². The van der Waals surface area contributed by atoms with Crippen molar-refractivity contribution in [1.29, 1.82) is 0 Å². The van der Waals surface area contributed by atoms with Crippen LogP contribution in [0.25, 0.3) is 22.3 Å². The van der Waals surface area contributed by atoms with Gasteiger partial charge in [0.25, 0.3) is 5.91 Å². The Bertz CT molecular complexity index is 1700. The van der Waals surface area contributed by atoms with Gasteiger partial charge >= 0.3 is 6.18 Å². The number of ether oxygens (including phenoxy) is 1. The molecule has 2 aromatic carbocycles. The lowest BCUT2D eigenvalue weighted by atomic mass is 9.91. The van der Waals surface area contributed by atoms with E-state index >= 15 is 0 Å². The highest BCUT2D eigenvalue weighted by molar-refractivity contribution is 6.06. The molecule has 0 atom stereocenters. The van der Waals surface area contributed by atoms with Crippen LogP contribution in [0.4, 0.5) is 29.1 Å². The van der Waals surface area contributed by atoms with Gasteiger partial charge in [0.05, 0.1) is 35.4 Å². The minimum absolute atomic E-state index is 0.00109. The van der Waals surface area contributed by atoms with Crippen molar-refractivity contribution < 1.29 is 37.0 Å². The number of rotatable bonds is 9. The van der Waals surface area contributed by atoms with Crippen molar-refractivity contribution in [3.05, 3.63) is 59.7 Å². The molecule has 0 spiro atoms. The number of carboxylic acid groups (broad SMARTS) is 1. The van der Waals surface area contributed by atoms with Gasteiger partial charge in [-0.15, -0.1) is 0 Å². The molecule has 4 N–H and O–H groups in total. The predicted octanol–water partition coefficient (Wildman–Crippen LogP) is 3.71. The number of alkyl halides is 3. The SMILES string of the molecule is COc1cc(-c2nn(C3CCC(NCCC(=O)[O-])CC3)c3ncnc(N)c23)ccc1NC(=O)c1ccc(C(F)(F)F)cc1F. The largest absolute Gasteiger partial charge is 0.550 e. The van der Waals surface area contributed by atoms with Crippen LogP contribution in [0.5, 0.6) is 5.75 Å². The number of hydrogen-bond donors (Lipinski definition) is 3. The molecule has 1 fully saturated rings. The first kappa shape index (κ1) is 30.7. The van der Waals surface area contributed by atoms with E-state index in [4.69, 9.17) is 15.6 Å². The van der Waals surface area contributed by atoms with Crippen LogP contribution in [0.1, 0.15) is 54.1 Å². The molecule has 11 nitrogen and oxygen atoms in total. The highest BCUT2D eigenvalue weighted by Crippen LogP contribution is 2.38. The molecule has 1 aliphatic rings. The zero-order valence-electron chi connectivity index (χ0n) is 23.4. The van der Waals surface area contributed by atoms with E-state index in [2.05, 4.69) is 20.6 Å². The summed E-state index contributed by atoms with van der Waals surface area (Å²) in [6.45, 7) is 0.341. The molecule has 44 heavy (non-hydrogen) atoms. The van der Waals surface area contributed by atoms with E-state index in [1.54, 1.807) is 12.1 Å². The molecule has 0 aliphatic heterocycles. The second kappa shape index (κ2) is 12.4. The number of amides is 1. The fourth-order valence-electron chi connectivity index (χ4n) is 5.36. The third kappa shape index (κ3) is 6.41. The Morgan fingerprint density at radius 1 is 1.11 bits per heavy atom. The van der Waals surface area contributed by atoms with Crippen molar-refractivity contribution in [2.75, 3.05) is 24.7 Å². The summed E-state index contributed by atoms with van der Waals surface area (Å²) in [5, 5.41) is 21.8. The lowest BCUT2D eigenvalue weighted by Gasteiger charge is -2.29. The molecule has 1 aliphatic carbocycles. The van der Waals surface area contributed by atoms with Crippen LogP contribution < -0.4 is 26.2 Å². The van der Waals surface area contributed by atoms with E-state index in [0.717, 1.165) is 31.7 Å². The van der Waals surface area contributed by atoms with Crippen molar-refractivity contribution in [2.45, 2.75) is 50.4 Å². The molecule has 1 saturated carbocycles. The third-order valence-electron chi connectivity index (χ3n) is 7.59. The van der Waals surface area contributed by atoms with Gasteiger partial charge in [0.15, 0.2) is 5.65 Å². The van der Waals surface area contributed by atoms with E-state index in [9.17, 15) is 32.3 Å². The van der Waals surface area contributed by atoms with Crippen molar-refractivity contribution in [2.24, 2.45) is 0 Å². The van der Waals surface area contributed by atoms with Crippen LogP contribution in [0.2, 0.25) is 0 Å². The van der Waals surface area contributed by atoms with Crippen LogP contribution in [0.3, 0.4) is 0 Å². The summed E-state index contributed by atoms with van der Waals surface area (Å²) >= 11 is 0. The normalized spacial score (nSPS) is 17.0. The minimum atomic E-state index is -4.75. The van der Waals surface area contributed by atoms with Gasteiger partial charge in [0.1, 0.15) is 29.4 Å². The first-order chi connectivity index (χ1) is 21.0.